The molecule has 6 heteroatoms. The third-order valence-corrected chi connectivity index (χ3v) is 3.21. The number of hydrogen-bond acceptors (Lipinski definition) is 4. The first-order valence-corrected chi connectivity index (χ1v) is 6.84. The number of rotatable bonds is 4. The van der Waals surface area contributed by atoms with Crippen LogP contribution in [0, 0.1) is 0 Å². The summed E-state index contributed by atoms with van der Waals surface area (Å²) in [6.07, 6.45) is -0.493. The third-order valence-electron chi connectivity index (χ3n) is 3.21. The maximum Gasteiger partial charge on any atom is 0.411 e. The lowest BCUT2D eigenvalue weighted by molar-refractivity contribution is -0.112. The minimum Gasteiger partial charge on any atom is -0.450 e. The van der Waals surface area contributed by atoms with E-state index in [2.05, 4.69) is 16.0 Å². The molecule has 1 saturated heterocycles. The van der Waals surface area contributed by atoms with Crippen molar-refractivity contribution in [1.82, 2.24) is 5.32 Å². The van der Waals surface area contributed by atoms with Gasteiger partial charge in [0.05, 0.1) is 6.61 Å². The first-order chi connectivity index (χ1) is 10.1. The van der Waals surface area contributed by atoms with Gasteiger partial charge in [-0.05, 0) is 43.7 Å². The predicted molar refractivity (Wildman–Crippen MR) is 81.3 cm³/mol. The normalized spacial score (nSPS) is 13.1. The van der Waals surface area contributed by atoms with Crippen LogP contribution in [0.3, 0.4) is 0 Å². The Labute approximate surface area is 123 Å². The van der Waals surface area contributed by atoms with Crippen LogP contribution in [0.4, 0.5) is 16.2 Å². The van der Waals surface area contributed by atoms with Crippen molar-refractivity contribution >= 4 is 23.4 Å². The van der Waals surface area contributed by atoms with Crippen LogP contribution in [-0.2, 0) is 9.53 Å². The number of benzene rings is 1. The van der Waals surface area contributed by atoms with Gasteiger partial charge in [-0.25, -0.2) is 4.79 Å². The van der Waals surface area contributed by atoms with Gasteiger partial charge in [0, 0.05) is 30.0 Å². The number of ether oxygens (including phenoxy) is 1. The van der Waals surface area contributed by atoms with Crippen LogP contribution in [-0.4, -0.2) is 31.7 Å². The monoisotopic (exact) mass is 289 g/mol. The number of carbonyl (C=O) groups excluding carboxylic acids is 2. The quantitative estimate of drug-likeness (QED) is 0.742. The first-order valence-electron chi connectivity index (χ1n) is 6.84. The van der Waals surface area contributed by atoms with Gasteiger partial charge < -0.3 is 15.4 Å². The lowest BCUT2D eigenvalue weighted by atomic mass is 10.0. The van der Waals surface area contributed by atoms with E-state index in [1.54, 1.807) is 31.2 Å². The highest BCUT2D eigenvalue weighted by atomic mass is 16.5. The van der Waals surface area contributed by atoms with E-state index in [4.69, 9.17) is 4.74 Å². The molecule has 1 fully saturated rings. The van der Waals surface area contributed by atoms with Crippen molar-refractivity contribution in [3.63, 3.8) is 0 Å². The van der Waals surface area contributed by atoms with Crippen molar-refractivity contribution in [2.75, 3.05) is 30.3 Å². The second-order valence-electron chi connectivity index (χ2n) is 4.71. The summed E-state index contributed by atoms with van der Waals surface area (Å²) in [5.41, 5.74) is 3.18. The van der Waals surface area contributed by atoms with E-state index >= 15 is 0 Å². The molecule has 0 spiro atoms. The van der Waals surface area contributed by atoms with Crippen molar-refractivity contribution < 1.29 is 14.3 Å². The molecule has 0 aromatic heterocycles. The fourth-order valence-electron chi connectivity index (χ4n) is 1.82. The standard InChI is InChI=1S/C15H19N3O3/c1-3-21-15(20)18-13-6-4-12(5-7-13)17-14(19)10(2)11-8-16-9-11/h4-7,16H,3,8-9H2,1-2H3,(H,17,19)(H,18,20). The molecule has 2 rings (SSSR count). The van der Waals surface area contributed by atoms with Gasteiger partial charge in [-0.2, -0.15) is 0 Å². The van der Waals surface area contributed by atoms with Crippen LogP contribution in [0.2, 0.25) is 0 Å². The van der Waals surface area contributed by atoms with Gasteiger partial charge in [-0.3, -0.25) is 10.1 Å². The molecule has 112 valence electrons. The molecule has 1 aromatic carbocycles. The lowest BCUT2D eigenvalue weighted by Gasteiger charge is -2.21. The van der Waals surface area contributed by atoms with Crippen LogP contribution < -0.4 is 16.0 Å². The Morgan fingerprint density at radius 2 is 1.71 bits per heavy atom. The first kappa shape index (κ1) is 15.1. The Morgan fingerprint density at radius 3 is 2.19 bits per heavy atom. The molecule has 0 bridgehead atoms. The fraction of sp³-hybridized carbons (Fsp3) is 0.333. The van der Waals surface area contributed by atoms with Gasteiger partial charge in [-0.15, -0.1) is 0 Å². The van der Waals surface area contributed by atoms with Crippen LogP contribution >= 0.6 is 0 Å². The predicted octanol–water partition coefficient (Wildman–Crippen LogP) is 2.11. The Bertz CT molecular complexity index is 558. The van der Waals surface area contributed by atoms with Crippen LogP contribution in [0.15, 0.2) is 35.4 Å². The van der Waals surface area contributed by atoms with Gasteiger partial charge in [-0.1, -0.05) is 0 Å². The molecule has 6 nitrogen and oxygen atoms in total. The highest BCUT2D eigenvalue weighted by molar-refractivity contribution is 6.04. The zero-order chi connectivity index (χ0) is 15.2. The average molecular weight is 289 g/mol. The van der Waals surface area contributed by atoms with Gasteiger partial charge in [0.25, 0.3) is 5.91 Å². The van der Waals surface area contributed by atoms with E-state index in [0.29, 0.717) is 18.0 Å². The van der Waals surface area contributed by atoms with Crippen LogP contribution in [0.1, 0.15) is 13.8 Å². The Kier molecular flexibility index (Phi) is 4.94. The van der Waals surface area contributed by atoms with Gasteiger partial charge in [0.15, 0.2) is 0 Å². The number of anilines is 2. The summed E-state index contributed by atoms with van der Waals surface area (Å²) < 4.78 is 4.79. The molecular weight excluding hydrogens is 270 g/mol. The summed E-state index contributed by atoms with van der Waals surface area (Å²) >= 11 is 0. The molecule has 21 heavy (non-hydrogen) atoms. The van der Waals surface area contributed by atoms with Crippen LogP contribution in [0.5, 0.6) is 0 Å². The molecule has 3 N–H and O–H groups in total. The summed E-state index contributed by atoms with van der Waals surface area (Å²) in [5.74, 6) is -0.0994. The summed E-state index contributed by atoms with van der Waals surface area (Å²) in [4.78, 5) is 23.3. The molecule has 0 atom stereocenters. The summed E-state index contributed by atoms with van der Waals surface area (Å²) in [7, 11) is 0. The summed E-state index contributed by atoms with van der Waals surface area (Å²) in [5, 5.41) is 8.53. The Balaban J connectivity index is 1.93. The molecule has 0 aliphatic carbocycles. The Hall–Kier alpha value is -2.34. The van der Waals surface area contributed by atoms with Crippen molar-refractivity contribution in [2.45, 2.75) is 13.8 Å². The molecular formula is C15H19N3O3. The van der Waals surface area contributed by atoms with E-state index in [9.17, 15) is 9.59 Å². The highest BCUT2D eigenvalue weighted by Gasteiger charge is 2.15. The number of amides is 2. The zero-order valence-corrected chi connectivity index (χ0v) is 12.2. The molecule has 0 saturated carbocycles. The van der Waals surface area contributed by atoms with E-state index < -0.39 is 6.09 Å². The minimum atomic E-state index is -0.493. The van der Waals surface area contributed by atoms with E-state index in [1.807, 2.05) is 6.92 Å². The van der Waals surface area contributed by atoms with Gasteiger partial charge in [0.1, 0.15) is 0 Å². The fourth-order valence-corrected chi connectivity index (χ4v) is 1.82. The van der Waals surface area contributed by atoms with Crippen molar-refractivity contribution in [2.24, 2.45) is 0 Å². The third kappa shape index (κ3) is 4.06. The average Bonchev–Trinajstić information content (AvgIpc) is 2.39. The van der Waals surface area contributed by atoms with Gasteiger partial charge >= 0.3 is 6.09 Å². The molecule has 2 amide bonds. The lowest BCUT2D eigenvalue weighted by Crippen LogP contribution is -2.36. The van der Waals surface area contributed by atoms with Crippen molar-refractivity contribution in [1.29, 1.82) is 0 Å². The van der Waals surface area contributed by atoms with E-state index in [-0.39, 0.29) is 5.91 Å². The number of hydrogen-bond donors (Lipinski definition) is 3. The zero-order valence-electron chi connectivity index (χ0n) is 12.2. The van der Waals surface area contributed by atoms with E-state index in [0.717, 1.165) is 24.2 Å². The van der Waals surface area contributed by atoms with E-state index in [1.165, 1.54) is 0 Å². The molecule has 1 aromatic rings. The van der Waals surface area contributed by atoms with Crippen LogP contribution in [0.25, 0.3) is 0 Å². The second-order valence-corrected chi connectivity index (χ2v) is 4.71. The molecule has 1 aliphatic heterocycles. The van der Waals surface area contributed by atoms with Gasteiger partial charge in [0.2, 0.25) is 0 Å². The smallest absolute Gasteiger partial charge is 0.411 e. The SMILES string of the molecule is CCOC(=O)Nc1ccc(NC(=O)C(C)=C2CNC2)cc1. The topological polar surface area (TPSA) is 79.5 Å². The maximum atomic E-state index is 12.0. The highest BCUT2D eigenvalue weighted by Crippen LogP contribution is 2.16. The number of carbonyl (C=O) groups is 2. The molecule has 1 aliphatic rings. The molecule has 0 radical (unpaired) electrons. The van der Waals surface area contributed by atoms with Crippen molar-refractivity contribution in [3.8, 4) is 0 Å². The summed E-state index contributed by atoms with van der Waals surface area (Å²) in [6.45, 7) is 5.45. The Morgan fingerprint density at radius 1 is 1.14 bits per heavy atom. The van der Waals surface area contributed by atoms with Crippen molar-refractivity contribution in [3.05, 3.63) is 35.4 Å². The number of nitrogens with one attached hydrogen (secondary N) is 3. The minimum absolute atomic E-state index is 0.0994. The largest absolute Gasteiger partial charge is 0.450 e. The molecule has 1 heterocycles. The maximum absolute atomic E-state index is 12.0. The second kappa shape index (κ2) is 6.90. The summed E-state index contributed by atoms with van der Waals surface area (Å²) in [6, 6.07) is 6.88. The molecule has 0 unspecified atom stereocenters.